The Morgan fingerprint density at radius 2 is 1.80 bits per heavy atom. The van der Waals surface area contributed by atoms with Crippen LogP contribution in [0.25, 0.3) is 0 Å². The molecule has 15 heavy (non-hydrogen) atoms. The summed E-state index contributed by atoms with van der Waals surface area (Å²) in [6.45, 7) is 6.60. The van der Waals surface area contributed by atoms with Gasteiger partial charge >= 0.3 is 0 Å². The third-order valence-electron chi connectivity index (χ3n) is 2.25. The summed E-state index contributed by atoms with van der Waals surface area (Å²) in [4.78, 5) is 0. The fourth-order valence-electron chi connectivity index (χ4n) is 1.25. The summed E-state index contributed by atoms with van der Waals surface area (Å²) in [6.07, 6.45) is 5.65. The fraction of sp³-hybridized carbons (Fsp3) is 0.231. The monoisotopic (exact) mass is 228 g/mol. The highest BCUT2D eigenvalue weighted by Gasteiger charge is 2.24. The minimum absolute atomic E-state index is 0.830. The van der Waals surface area contributed by atoms with Crippen molar-refractivity contribution < 1.29 is 0 Å². The normalized spacial score (nSPS) is 13.5. The maximum absolute atomic E-state index is 5.65. The maximum Gasteiger partial charge on any atom is 0.241 e. The van der Waals surface area contributed by atoms with Crippen LogP contribution in [-0.4, -0.2) is 16.9 Å². The van der Waals surface area contributed by atoms with E-state index in [0.29, 0.717) is 0 Å². The molecule has 0 saturated carbocycles. The van der Waals surface area contributed by atoms with Gasteiger partial charge in [0.1, 0.15) is 8.80 Å². The number of rotatable bonds is 1. The van der Waals surface area contributed by atoms with Gasteiger partial charge in [-0.25, -0.2) is 0 Å². The van der Waals surface area contributed by atoms with E-state index in [1.807, 2.05) is 18.2 Å². The Morgan fingerprint density at radius 1 is 1.20 bits per heavy atom. The van der Waals surface area contributed by atoms with Gasteiger partial charge in [0.15, 0.2) is 0 Å². The summed E-state index contributed by atoms with van der Waals surface area (Å²) in [6, 6.07) is 10.3. The molecule has 1 aromatic rings. The van der Waals surface area contributed by atoms with E-state index >= 15 is 0 Å². The molecule has 1 aromatic carbocycles. The molecule has 0 aliphatic rings. The number of terminal acetylenes is 1. The maximum atomic E-state index is 5.65. The van der Waals surface area contributed by atoms with Gasteiger partial charge in [0.05, 0.1) is 0 Å². The van der Waals surface area contributed by atoms with Crippen LogP contribution in [0, 0.1) is 23.1 Å². The van der Waals surface area contributed by atoms with Gasteiger partial charge in [0.2, 0.25) is 8.07 Å². The van der Waals surface area contributed by atoms with Crippen molar-refractivity contribution in [2.45, 2.75) is 19.6 Å². The van der Waals surface area contributed by atoms with Gasteiger partial charge in [0.25, 0.3) is 0 Å². The van der Waals surface area contributed by atoms with E-state index in [4.69, 9.17) is 6.42 Å². The summed E-state index contributed by atoms with van der Waals surface area (Å²) < 4.78 is 0. The summed E-state index contributed by atoms with van der Waals surface area (Å²) in [5, 5.41) is 1.25. The van der Waals surface area contributed by atoms with Crippen molar-refractivity contribution in [1.82, 2.24) is 0 Å². The standard InChI is InChI=1S/C13H16Si2/c1-5-15(4,12-11-14(2)3)13-9-7-6-8-10-13/h1,6-10,14H,2-4H3. The van der Waals surface area contributed by atoms with Crippen LogP contribution in [0.2, 0.25) is 19.6 Å². The SMILES string of the molecule is C#C[Si](C)(C#C[SiH](C)C)c1ccccc1. The van der Waals surface area contributed by atoms with Gasteiger partial charge in [-0.1, -0.05) is 43.4 Å². The van der Waals surface area contributed by atoms with Gasteiger partial charge in [-0.3, -0.25) is 0 Å². The molecule has 0 fully saturated rings. The van der Waals surface area contributed by atoms with Crippen molar-refractivity contribution >= 4 is 22.1 Å². The van der Waals surface area contributed by atoms with E-state index in [1.165, 1.54) is 5.19 Å². The zero-order valence-corrected chi connectivity index (χ0v) is 11.7. The number of hydrogen-bond donors (Lipinski definition) is 0. The average molecular weight is 228 g/mol. The quantitative estimate of drug-likeness (QED) is 0.507. The van der Waals surface area contributed by atoms with E-state index in [2.05, 4.69) is 48.4 Å². The highest BCUT2D eigenvalue weighted by Crippen LogP contribution is 2.00. The van der Waals surface area contributed by atoms with Gasteiger partial charge in [0, 0.05) is 0 Å². The first-order valence-corrected chi connectivity index (χ1v) is 10.5. The smallest absolute Gasteiger partial charge is 0.141 e. The van der Waals surface area contributed by atoms with Gasteiger partial charge < -0.3 is 0 Å². The molecule has 0 nitrogen and oxygen atoms in total. The van der Waals surface area contributed by atoms with Gasteiger partial charge in [-0.05, 0) is 11.7 Å². The highest BCUT2D eigenvalue weighted by molar-refractivity contribution is 7.04. The highest BCUT2D eigenvalue weighted by atomic mass is 28.3. The first kappa shape index (κ1) is 11.8. The molecule has 0 saturated heterocycles. The molecule has 1 rings (SSSR count). The third kappa shape index (κ3) is 3.13. The molecule has 0 aliphatic heterocycles. The second-order valence-electron chi connectivity index (χ2n) is 4.06. The molecule has 76 valence electrons. The van der Waals surface area contributed by atoms with Crippen molar-refractivity contribution in [2.24, 2.45) is 0 Å². The Bertz CT molecular complexity index is 417. The topological polar surface area (TPSA) is 0 Å². The van der Waals surface area contributed by atoms with E-state index in [1.54, 1.807) is 0 Å². The lowest BCUT2D eigenvalue weighted by molar-refractivity contribution is 1.74. The average Bonchev–Trinajstić information content (AvgIpc) is 2.27. The van der Waals surface area contributed by atoms with Crippen LogP contribution >= 0.6 is 0 Å². The third-order valence-corrected chi connectivity index (χ3v) is 5.97. The van der Waals surface area contributed by atoms with Crippen LogP contribution in [0.5, 0.6) is 0 Å². The molecule has 0 amide bonds. The molecule has 0 spiro atoms. The molecule has 0 bridgehead atoms. The Morgan fingerprint density at radius 3 is 2.27 bits per heavy atom. The molecular formula is C13H16Si2. The molecule has 0 N–H and O–H groups in total. The van der Waals surface area contributed by atoms with Gasteiger partial charge in [-0.2, -0.15) is 0 Å². The van der Waals surface area contributed by atoms with E-state index < -0.39 is 16.9 Å². The van der Waals surface area contributed by atoms with Crippen LogP contribution in [0.4, 0.5) is 0 Å². The van der Waals surface area contributed by atoms with Crippen molar-refractivity contribution in [3.05, 3.63) is 30.3 Å². The van der Waals surface area contributed by atoms with Gasteiger partial charge in [-0.15, -0.1) is 23.1 Å². The van der Waals surface area contributed by atoms with Crippen LogP contribution in [0.15, 0.2) is 30.3 Å². The zero-order chi connectivity index (χ0) is 11.3. The first-order chi connectivity index (χ1) is 7.08. The second-order valence-corrected chi connectivity index (χ2v) is 10.0. The van der Waals surface area contributed by atoms with Crippen LogP contribution < -0.4 is 5.19 Å². The minimum atomic E-state index is -1.96. The summed E-state index contributed by atoms with van der Waals surface area (Å²) >= 11 is 0. The van der Waals surface area contributed by atoms with E-state index in [0.717, 1.165) is 0 Å². The summed E-state index contributed by atoms with van der Waals surface area (Å²) in [7, 11) is -2.79. The molecule has 0 aromatic heterocycles. The predicted octanol–water partition coefficient (Wildman–Crippen LogP) is 1.71. The number of benzene rings is 1. The van der Waals surface area contributed by atoms with Crippen molar-refractivity contribution in [2.75, 3.05) is 0 Å². The van der Waals surface area contributed by atoms with Crippen molar-refractivity contribution in [1.29, 1.82) is 0 Å². The lowest BCUT2D eigenvalue weighted by atomic mass is 10.4. The molecule has 1 unspecified atom stereocenters. The summed E-state index contributed by atoms with van der Waals surface area (Å²) in [5.74, 6) is 0. The molecule has 2 heteroatoms. The second kappa shape index (κ2) is 5.02. The largest absolute Gasteiger partial charge is 0.241 e. The fourth-order valence-corrected chi connectivity index (χ4v) is 4.80. The molecule has 0 heterocycles. The van der Waals surface area contributed by atoms with Crippen molar-refractivity contribution in [3.8, 4) is 23.1 Å². The molecular weight excluding hydrogens is 212 g/mol. The number of hydrogen-bond acceptors (Lipinski definition) is 0. The Labute approximate surface area is 95.3 Å². The van der Waals surface area contributed by atoms with Crippen LogP contribution in [0.3, 0.4) is 0 Å². The molecule has 1 atom stereocenters. The van der Waals surface area contributed by atoms with Crippen LogP contribution in [0.1, 0.15) is 0 Å². The molecule has 0 aliphatic carbocycles. The Hall–Kier alpha value is -1.23. The predicted molar refractivity (Wildman–Crippen MR) is 73.2 cm³/mol. The first-order valence-electron chi connectivity index (χ1n) is 5.14. The lowest BCUT2D eigenvalue weighted by Crippen LogP contribution is -2.42. The van der Waals surface area contributed by atoms with Crippen molar-refractivity contribution in [3.63, 3.8) is 0 Å². The van der Waals surface area contributed by atoms with Crippen LogP contribution in [-0.2, 0) is 0 Å². The molecule has 0 radical (unpaired) electrons. The Kier molecular flexibility index (Phi) is 3.97. The Balaban J connectivity index is 3.10. The lowest BCUT2D eigenvalue weighted by Gasteiger charge is -2.13. The van der Waals surface area contributed by atoms with E-state index in [-0.39, 0.29) is 0 Å². The minimum Gasteiger partial charge on any atom is -0.141 e. The zero-order valence-electron chi connectivity index (χ0n) is 9.54. The summed E-state index contributed by atoms with van der Waals surface area (Å²) in [5.41, 5.74) is 9.66. The van der Waals surface area contributed by atoms with E-state index in [9.17, 15) is 0 Å².